The summed E-state index contributed by atoms with van der Waals surface area (Å²) in [5, 5.41) is 10.9. The molecule has 0 radical (unpaired) electrons. The second kappa shape index (κ2) is 7.02. The van der Waals surface area contributed by atoms with Crippen molar-refractivity contribution in [1.29, 1.82) is 0 Å². The summed E-state index contributed by atoms with van der Waals surface area (Å²) >= 11 is 1.53. The summed E-state index contributed by atoms with van der Waals surface area (Å²) in [5.74, 6) is 0.930. The third-order valence-corrected chi connectivity index (χ3v) is 4.49. The van der Waals surface area contributed by atoms with Crippen molar-refractivity contribution in [3.8, 4) is 0 Å². The van der Waals surface area contributed by atoms with E-state index in [1.807, 2.05) is 17.5 Å². The molecular weight excluding hydrogens is 246 g/mol. The first-order chi connectivity index (χ1) is 8.79. The summed E-state index contributed by atoms with van der Waals surface area (Å²) in [6, 6.07) is 3.83. The molecule has 1 N–H and O–H groups in total. The van der Waals surface area contributed by atoms with Crippen molar-refractivity contribution in [2.24, 2.45) is 5.92 Å². The standard InChI is InChI=1S/C14H21NO2S/c16-9-6-12-5-8-15(11-12)7-1-3-13(17)14-4-2-10-18-14/h2,4,10,12,16H,1,3,5-9,11H2. The third kappa shape index (κ3) is 3.90. The Hall–Kier alpha value is -0.710. The third-order valence-electron chi connectivity index (χ3n) is 3.58. The Balaban J connectivity index is 1.63. The van der Waals surface area contributed by atoms with E-state index in [9.17, 15) is 4.79 Å². The van der Waals surface area contributed by atoms with Gasteiger partial charge >= 0.3 is 0 Å². The molecular formula is C14H21NO2S. The van der Waals surface area contributed by atoms with Gasteiger partial charge in [-0.25, -0.2) is 0 Å². The highest BCUT2D eigenvalue weighted by molar-refractivity contribution is 7.12. The zero-order valence-corrected chi connectivity index (χ0v) is 11.5. The van der Waals surface area contributed by atoms with Crippen molar-refractivity contribution in [1.82, 2.24) is 4.90 Å². The summed E-state index contributed by atoms with van der Waals surface area (Å²) < 4.78 is 0. The van der Waals surface area contributed by atoms with Crippen molar-refractivity contribution < 1.29 is 9.90 Å². The number of carbonyl (C=O) groups excluding carboxylic acids is 1. The van der Waals surface area contributed by atoms with Crippen LogP contribution in [0.2, 0.25) is 0 Å². The highest BCUT2D eigenvalue weighted by atomic mass is 32.1. The summed E-state index contributed by atoms with van der Waals surface area (Å²) in [6.07, 6.45) is 3.72. The molecule has 1 aromatic rings. The molecule has 100 valence electrons. The lowest BCUT2D eigenvalue weighted by atomic mass is 10.1. The monoisotopic (exact) mass is 267 g/mol. The van der Waals surface area contributed by atoms with Gasteiger partial charge in [-0.05, 0) is 49.7 Å². The maximum atomic E-state index is 11.8. The maximum absolute atomic E-state index is 11.8. The SMILES string of the molecule is O=C(CCCN1CCC(CCO)C1)c1cccs1. The highest BCUT2D eigenvalue weighted by Gasteiger charge is 2.21. The molecule has 2 heterocycles. The van der Waals surface area contributed by atoms with Crippen LogP contribution in [-0.4, -0.2) is 42.0 Å². The van der Waals surface area contributed by atoms with Crippen molar-refractivity contribution in [2.45, 2.75) is 25.7 Å². The molecule has 18 heavy (non-hydrogen) atoms. The predicted octanol–water partition coefficient (Wildman–Crippen LogP) is 2.42. The first-order valence-corrected chi connectivity index (χ1v) is 7.57. The molecule has 0 saturated carbocycles. The second-order valence-electron chi connectivity index (χ2n) is 4.97. The number of hydrogen-bond donors (Lipinski definition) is 1. The number of likely N-dealkylation sites (tertiary alicyclic amines) is 1. The number of aliphatic hydroxyl groups excluding tert-OH is 1. The molecule has 0 bridgehead atoms. The van der Waals surface area contributed by atoms with Crippen molar-refractivity contribution >= 4 is 17.1 Å². The van der Waals surface area contributed by atoms with Crippen LogP contribution in [0.15, 0.2) is 17.5 Å². The van der Waals surface area contributed by atoms with E-state index in [0.717, 1.165) is 37.4 Å². The van der Waals surface area contributed by atoms with Gasteiger partial charge in [-0.1, -0.05) is 6.07 Å². The zero-order valence-electron chi connectivity index (χ0n) is 10.7. The molecule has 1 atom stereocenters. The average molecular weight is 267 g/mol. The normalized spacial score (nSPS) is 20.4. The lowest BCUT2D eigenvalue weighted by Crippen LogP contribution is -2.22. The van der Waals surface area contributed by atoms with Crippen LogP contribution in [0.25, 0.3) is 0 Å². The smallest absolute Gasteiger partial charge is 0.172 e. The van der Waals surface area contributed by atoms with Gasteiger partial charge in [0.25, 0.3) is 0 Å². The fraction of sp³-hybridized carbons (Fsp3) is 0.643. The Bertz CT molecular complexity index is 364. The molecule has 3 nitrogen and oxygen atoms in total. The fourth-order valence-electron chi connectivity index (χ4n) is 2.56. The van der Waals surface area contributed by atoms with Crippen LogP contribution >= 0.6 is 11.3 Å². The molecule has 0 aliphatic carbocycles. The van der Waals surface area contributed by atoms with Crippen molar-refractivity contribution in [3.05, 3.63) is 22.4 Å². The number of carbonyl (C=O) groups is 1. The number of hydrogen-bond acceptors (Lipinski definition) is 4. The van der Waals surface area contributed by atoms with Gasteiger partial charge in [0.1, 0.15) is 0 Å². The highest BCUT2D eigenvalue weighted by Crippen LogP contribution is 2.20. The molecule has 1 fully saturated rings. The van der Waals surface area contributed by atoms with E-state index in [1.54, 1.807) is 0 Å². The molecule has 0 amide bonds. The zero-order chi connectivity index (χ0) is 12.8. The Morgan fingerprint density at radius 2 is 2.44 bits per heavy atom. The van der Waals surface area contributed by atoms with Crippen LogP contribution in [0.4, 0.5) is 0 Å². The Morgan fingerprint density at radius 1 is 1.56 bits per heavy atom. The lowest BCUT2D eigenvalue weighted by molar-refractivity contribution is 0.0980. The Labute approximate surface area is 112 Å². The van der Waals surface area contributed by atoms with E-state index in [1.165, 1.54) is 17.8 Å². The number of ketones is 1. The summed E-state index contributed by atoms with van der Waals surface area (Å²) in [5.41, 5.74) is 0. The fourth-order valence-corrected chi connectivity index (χ4v) is 3.25. The first-order valence-electron chi connectivity index (χ1n) is 6.69. The van der Waals surface area contributed by atoms with E-state index in [-0.39, 0.29) is 5.78 Å². The van der Waals surface area contributed by atoms with Gasteiger partial charge in [0.05, 0.1) is 4.88 Å². The van der Waals surface area contributed by atoms with E-state index >= 15 is 0 Å². The lowest BCUT2D eigenvalue weighted by Gasteiger charge is -2.15. The van der Waals surface area contributed by atoms with E-state index in [2.05, 4.69) is 4.90 Å². The van der Waals surface area contributed by atoms with Crippen LogP contribution in [0.3, 0.4) is 0 Å². The molecule has 1 aliphatic heterocycles. The average Bonchev–Trinajstić information content (AvgIpc) is 3.00. The molecule has 1 unspecified atom stereocenters. The van der Waals surface area contributed by atoms with Gasteiger partial charge < -0.3 is 10.0 Å². The van der Waals surface area contributed by atoms with E-state index in [0.29, 0.717) is 18.9 Å². The van der Waals surface area contributed by atoms with Crippen molar-refractivity contribution in [3.63, 3.8) is 0 Å². The predicted molar refractivity (Wildman–Crippen MR) is 74.1 cm³/mol. The second-order valence-corrected chi connectivity index (χ2v) is 5.92. The molecule has 1 saturated heterocycles. The van der Waals surface area contributed by atoms with Crippen LogP contribution in [0, 0.1) is 5.92 Å². The minimum absolute atomic E-state index is 0.274. The topological polar surface area (TPSA) is 40.5 Å². The van der Waals surface area contributed by atoms with Gasteiger partial charge in [0, 0.05) is 19.6 Å². The number of aliphatic hydroxyl groups is 1. The molecule has 4 heteroatoms. The number of nitrogens with zero attached hydrogens (tertiary/aromatic N) is 1. The number of thiophene rings is 1. The van der Waals surface area contributed by atoms with Gasteiger partial charge in [-0.3, -0.25) is 4.79 Å². The van der Waals surface area contributed by atoms with Crippen LogP contribution in [0.5, 0.6) is 0 Å². The minimum Gasteiger partial charge on any atom is -0.396 e. The Kier molecular flexibility index (Phi) is 5.35. The number of rotatable bonds is 7. The van der Waals surface area contributed by atoms with E-state index < -0.39 is 0 Å². The minimum atomic E-state index is 0.274. The van der Waals surface area contributed by atoms with Gasteiger partial charge in [0.15, 0.2) is 5.78 Å². The first kappa shape index (κ1) is 13.7. The largest absolute Gasteiger partial charge is 0.396 e. The maximum Gasteiger partial charge on any atom is 0.172 e. The molecule has 2 rings (SSSR count). The van der Waals surface area contributed by atoms with Crippen molar-refractivity contribution in [2.75, 3.05) is 26.2 Å². The van der Waals surface area contributed by atoms with Gasteiger partial charge in [-0.2, -0.15) is 0 Å². The number of Topliss-reactive ketones (excluding diaryl/α,β-unsaturated/α-hetero) is 1. The summed E-state index contributed by atoms with van der Waals surface area (Å²) in [6.45, 7) is 3.53. The van der Waals surface area contributed by atoms with E-state index in [4.69, 9.17) is 5.11 Å². The molecule has 1 aliphatic rings. The molecule has 0 aromatic carbocycles. The van der Waals surface area contributed by atoms with Crippen LogP contribution in [0.1, 0.15) is 35.4 Å². The quantitative estimate of drug-likeness (QED) is 0.771. The van der Waals surface area contributed by atoms with Crippen LogP contribution in [-0.2, 0) is 0 Å². The van der Waals surface area contributed by atoms with Crippen LogP contribution < -0.4 is 0 Å². The van der Waals surface area contributed by atoms with Gasteiger partial charge in [0.2, 0.25) is 0 Å². The molecule has 1 aromatic heterocycles. The summed E-state index contributed by atoms with van der Waals surface area (Å²) in [7, 11) is 0. The Morgan fingerprint density at radius 3 is 3.17 bits per heavy atom. The van der Waals surface area contributed by atoms with Gasteiger partial charge in [-0.15, -0.1) is 11.3 Å². The summed E-state index contributed by atoms with van der Waals surface area (Å²) in [4.78, 5) is 15.1. The molecule has 0 spiro atoms.